The van der Waals surface area contributed by atoms with Crippen molar-refractivity contribution < 1.29 is 0 Å². The Morgan fingerprint density at radius 2 is 1.75 bits per heavy atom. The second kappa shape index (κ2) is 6.18. The summed E-state index contributed by atoms with van der Waals surface area (Å²) in [6.07, 6.45) is 0. The minimum atomic E-state index is 0.531. The first-order chi connectivity index (χ1) is 9.49. The summed E-state index contributed by atoms with van der Waals surface area (Å²) in [5.41, 5.74) is 0. The van der Waals surface area contributed by atoms with Crippen LogP contribution in [0, 0.1) is 0 Å². The average Bonchev–Trinajstić information content (AvgIpc) is 2.87. The molecule has 2 aromatic rings. The van der Waals surface area contributed by atoms with Crippen molar-refractivity contribution in [2.45, 2.75) is 9.50 Å². The lowest BCUT2D eigenvalue weighted by Gasteiger charge is -2.11. The van der Waals surface area contributed by atoms with Crippen molar-refractivity contribution in [1.29, 1.82) is 0 Å². The van der Waals surface area contributed by atoms with Gasteiger partial charge in [-0.15, -0.1) is 10.2 Å². The van der Waals surface area contributed by atoms with Crippen LogP contribution in [0.15, 0.2) is 9.50 Å². The Bertz CT molecular complexity index is 582. The molecule has 2 heterocycles. The van der Waals surface area contributed by atoms with Gasteiger partial charge in [-0.25, -0.2) is 0 Å². The molecule has 0 aromatic carbocycles. The highest BCUT2D eigenvalue weighted by molar-refractivity contribution is 8.00. The fourth-order valence-corrected chi connectivity index (χ4v) is 2.82. The second-order valence-electron chi connectivity index (χ2n) is 4.23. The van der Waals surface area contributed by atoms with Crippen molar-refractivity contribution in [2.75, 3.05) is 50.4 Å². The van der Waals surface area contributed by atoms with Gasteiger partial charge in [0.25, 0.3) is 0 Å². The zero-order valence-electron chi connectivity index (χ0n) is 11.9. The van der Waals surface area contributed by atoms with E-state index in [9.17, 15) is 0 Å². The number of anilines is 3. The van der Waals surface area contributed by atoms with Crippen LogP contribution in [0.3, 0.4) is 0 Å². The Kier molecular flexibility index (Phi) is 4.55. The van der Waals surface area contributed by atoms with Crippen LogP contribution in [0.1, 0.15) is 0 Å². The van der Waals surface area contributed by atoms with Crippen molar-refractivity contribution >= 4 is 40.1 Å². The summed E-state index contributed by atoms with van der Waals surface area (Å²) in [7, 11) is 9.41. The highest BCUT2D eigenvalue weighted by Gasteiger charge is 2.12. The third-order valence-electron chi connectivity index (χ3n) is 2.18. The summed E-state index contributed by atoms with van der Waals surface area (Å²) < 4.78 is 0.798. The molecule has 0 unspecified atom stereocenters. The smallest absolute Gasteiger partial charge is 0.230 e. The van der Waals surface area contributed by atoms with E-state index in [4.69, 9.17) is 0 Å². The zero-order chi connectivity index (χ0) is 14.7. The maximum atomic E-state index is 4.38. The van der Waals surface area contributed by atoms with Gasteiger partial charge in [0.2, 0.25) is 22.2 Å². The largest absolute Gasteiger partial charge is 0.357 e. The number of hydrogen-bond acceptors (Lipinski definition) is 10. The zero-order valence-corrected chi connectivity index (χ0v) is 13.6. The maximum absolute atomic E-state index is 4.38. The monoisotopic (exact) mass is 312 g/mol. The van der Waals surface area contributed by atoms with E-state index in [2.05, 4.69) is 30.5 Å². The molecule has 0 atom stereocenters. The Morgan fingerprint density at radius 1 is 1.00 bits per heavy atom. The lowest BCUT2D eigenvalue weighted by Crippen LogP contribution is -2.15. The molecule has 8 nitrogen and oxygen atoms in total. The molecule has 0 spiro atoms. The fraction of sp³-hybridized carbons (Fsp3) is 0.500. The third kappa shape index (κ3) is 3.45. The lowest BCUT2D eigenvalue weighted by atomic mass is 10.8. The van der Waals surface area contributed by atoms with Gasteiger partial charge in [-0.05, 0) is 11.8 Å². The van der Waals surface area contributed by atoms with Gasteiger partial charge in [0.1, 0.15) is 0 Å². The Labute approximate surface area is 125 Å². The SMILES string of the molecule is CNc1nc(Sc2nnc(N(C)C)s2)nc(N(C)C)n1. The van der Waals surface area contributed by atoms with Gasteiger partial charge in [-0.3, -0.25) is 0 Å². The van der Waals surface area contributed by atoms with Gasteiger partial charge < -0.3 is 15.1 Å². The minimum Gasteiger partial charge on any atom is -0.357 e. The number of rotatable bonds is 5. The minimum absolute atomic E-state index is 0.531. The van der Waals surface area contributed by atoms with Gasteiger partial charge in [0, 0.05) is 35.2 Å². The molecule has 0 fully saturated rings. The van der Waals surface area contributed by atoms with Gasteiger partial charge in [-0.2, -0.15) is 15.0 Å². The summed E-state index contributed by atoms with van der Waals surface area (Å²) in [6.45, 7) is 0. The van der Waals surface area contributed by atoms with Crippen LogP contribution in [-0.2, 0) is 0 Å². The van der Waals surface area contributed by atoms with Gasteiger partial charge in [0.15, 0.2) is 4.34 Å². The first kappa shape index (κ1) is 14.7. The van der Waals surface area contributed by atoms with Crippen LogP contribution in [0.5, 0.6) is 0 Å². The Balaban J connectivity index is 2.25. The maximum Gasteiger partial charge on any atom is 0.230 e. The molecular weight excluding hydrogens is 296 g/mol. The molecule has 0 saturated heterocycles. The van der Waals surface area contributed by atoms with Crippen molar-refractivity contribution in [3.63, 3.8) is 0 Å². The van der Waals surface area contributed by atoms with Crippen LogP contribution < -0.4 is 15.1 Å². The Hall–Kier alpha value is -1.68. The first-order valence-electron chi connectivity index (χ1n) is 5.79. The molecule has 0 bridgehead atoms. The van der Waals surface area contributed by atoms with Crippen LogP contribution >= 0.6 is 23.1 Å². The molecule has 10 heteroatoms. The molecule has 0 amide bonds. The molecule has 0 aliphatic carbocycles. The van der Waals surface area contributed by atoms with E-state index in [1.54, 1.807) is 7.05 Å². The Morgan fingerprint density at radius 3 is 2.30 bits per heavy atom. The summed E-state index contributed by atoms with van der Waals surface area (Å²) in [6, 6.07) is 0. The van der Waals surface area contributed by atoms with Crippen molar-refractivity contribution in [3.05, 3.63) is 0 Å². The van der Waals surface area contributed by atoms with Crippen LogP contribution in [0.4, 0.5) is 17.0 Å². The number of hydrogen-bond donors (Lipinski definition) is 1. The predicted molar refractivity (Wildman–Crippen MR) is 82.1 cm³/mol. The molecule has 2 aromatic heterocycles. The molecule has 1 N–H and O–H groups in total. The third-order valence-corrected chi connectivity index (χ3v) is 4.19. The highest BCUT2D eigenvalue weighted by atomic mass is 32.2. The van der Waals surface area contributed by atoms with E-state index in [1.807, 2.05) is 38.0 Å². The summed E-state index contributed by atoms with van der Waals surface area (Å²) in [5.74, 6) is 1.13. The topological polar surface area (TPSA) is 83.0 Å². The van der Waals surface area contributed by atoms with E-state index in [1.165, 1.54) is 23.1 Å². The number of nitrogens with one attached hydrogen (secondary N) is 1. The second-order valence-corrected chi connectivity index (χ2v) is 6.40. The van der Waals surface area contributed by atoms with Gasteiger partial charge in [-0.1, -0.05) is 11.3 Å². The van der Waals surface area contributed by atoms with Crippen molar-refractivity contribution in [1.82, 2.24) is 25.1 Å². The highest BCUT2D eigenvalue weighted by Crippen LogP contribution is 2.31. The van der Waals surface area contributed by atoms with Gasteiger partial charge in [0.05, 0.1) is 0 Å². The lowest BCUT2D eigenvalue weighted by molar-refractivity contribution is 0.868. The van der Waals surface area contributed by atoms with Crippen LogP contribution in [0.2, 0.25) is 0 Å². The molecular formula is C10H16N8S2. The molecule has 0 saturated carbocycles. The standard InChI is InChI=1S/C10H16N8S2/c1-11-6-12-7(17(2)3)14-8(13-6)19-10-16-15-9(20-10)18(4)5/h1-5H3,(H,11,12,13,14). The molecule has 2 rings (SSSR count). The van der Waals surface area contributed by atoms with Crippen molar-refractivity contribution in [2.24, 2.45) is 0 Å². The van der Waals surface area contributed by atoms with Crippen molar-refractivity contribution in [3.8, 4) is 0 Å². The number of nitrogens with zero attached hydrogens (tertiary/aromatic N) is 7. The van der Waals surface area contributed by atoms with Crippen LogP contribution in [0.25, 0.3) is 0 Å². The molecule has 108 valence electrons. The normalized spacial score (nSPS) is 10.4. The van der Waals surface area contributed by atoms with E-state index < -0.39 is 0 Å². The molecule has 20 heavy (non-hydrogen) atoms. The van der Waals surface area contributed by atoms with E-state index >= 15 is 0 Å². The summed E-state index contributed by atoms with van der Waals surface area (Å²) in [5, 5.41) is 12.6. The van der Waals surface area contributed by atoms with E-state index in [-0.39, 0.29) is 0 Å². The average molecular weight is 312 g/mol. The fourth-order valence-electron chi connectivity index (χ4n) is 1.21. The molecule has 0 aliphatic rings. The summed E-state index contributed by atoms with van der Waals surface area (Å²) >= 11 is 2.87. The van der Waals surface area contributed by atoms with E-state index in [0.29, 0.717) is 17.1 Å². The predicted octanol–water partition coefficient (Wildman–Crippen LogP) is 1.05. The van der Waals surface area contributed by atoms with Crippen LogP contribution in [-0.4, -0.2) is 60.4 Å². The number of aromatic nitrogens is 5. The summed E-state index contributed by atoms with van der Waals surface area (Å²) in [4.78, 5) is 16.7. The van der Waals surface area contributed by atoms with E-state index in [0.717, 1.165) is 9.47 Å². The molecule has 0 aliphatic heterocycles. The first-order valence-corrected chi connectivity index (χ1v) is 7.42. The van der Waals surface area contributed by atoms with Gasteiger partial charge >= 0.3 is 0 Å². The quantitative estimate of drug-likeness (QED) is 0.870. The molecule has 0 radical (unpaired) electrons.